The average Bonchev–Trinajstić information content (AvgIpc) is 2.42. The molecule has 5 heteroatoms. The lowest BCUT2D eigenvalue weighted by molar-refractivity contribution is 0.102. The molecule has 1 N–H and O–H groups in total. The van der Waals surface area contributed by atoms with Crippen molar-refractivity contribution in [3.63, 3.8) is 0 Å². The number of aldehydes is 1. The molecule has 0 aromatic heterocycles. The molecule has 0 spiro atoms. The Labute approximate surface area is 120 Å². The van der Waals surface area contributed by atoms with Crippen LogP contribution in [0.3, 0.4) is 0 Å². The number of benzene rings is 2. The zero-order valence-electron chi connectivity index (χ0n) is 9.69. The molecule has 0 aliphatic carbocycles. The van der Waals surface area contributed by atoms with Crippen LogP contribution in [-0.4, -0.2) is 12.2 Å². The molecule has 0 unspecified atom stereocenters. The molecule has 0 saturated carbocycles. The Hall–Kier alpha value is -1.84. The Morgan fingerprint density at radius 1 is 1.05 bits per heavy atom. The summed E-state index contributed by atoms with van der Waals surface area (Å²) < 4.78 is 0. The molecular weight excluding hydrogens is 285 g/mol. The molecule has 0 heterocycles. The molecular formula is C14H9Cl2NO2. The molecule has 19 heavy (non-hydrogen) atoms. The molecule has 0 radical (unpaired) electrons. The first-order valence-corrected chi connectivity index (χ1v) is 6.18. The van der Waals surface area contributed by atoms with Crippen LogP contribution in [0.25, 0.3) is 0 Å². The highest BCUT2D eigenvalue weighted by atomic mass is 35.5. The molecule has 1 amide bonds. The summed E-state index contributed by atoms with van der Waals surface area (Å²) in [7, 11) is 0. The number of hydrogen-bond acceptors (Lipinski definition) is 2. The fraction of sp³-hybridized carbons (Fsp3) is 0. The minimum Gasteiger partial charge on any atom is -0.322 e. The Morgan fingerprint density at radius 3 is 2.37 bits per heavy atom. The van der Waals surface area contributed by atoms with Crippen LogP contribution < -0.4 is 5.32 Å². The summed E-state index contributed by atoms with van der Waals surface area (Å²) in [6.45, 7) is 0. The van der Waals surface area contributed by atoms with Crippen molar-refractivity contribution in [2.75, 3.05) is 5.32 Å². The third-order valence-electron chi connectivity index (χ3n) is 2.50. The first-order chi connectivity index (χ1) is 9.11. The third kappa shape index (κ3) is 3.13. The topological polar surface area (TPSA) is 46.2 Å². The quantitative estimate of drug-likeness (QED) is 0.868. The van der Waals surface area contributed by atoms with E-state index in [9.17, 15) is 9.59 Å². The van der Waals surface area contributed by atoms with E-state index in [-0.39, 0.29) is 10.9 Å². The van der Waals surface area contributed by atoms with E-state index in [1.165, 1.54) is 0 Å². The van der Waals surface area contributed by atoms with Crippen molar-refractivity contribution in [2.45, 2.75) is 0 Å². The van der Waals surface area contributed by atoms with Crippen molar-refractivity contribution in [1.29, 1.82) is 0 Å². The average molecular weight is 294 g/mol. The highest BCUT2D eigenvalue weighted by Gasteiger charge is 2.12. The van der Waals surface area contributed by atoms with E-state index in [2.05, 4.69) is 5.32 Å². The van der Waals surface area contributed by atoms with Crippen LogP contribution in [-0.2, 0) is 0 Å². The van der Waals surface area contributed by atoms with Crippen LogP contribution in [0.2, 0.25) is 10.0 Å². The molecule has 0 bridgehead atoms. The fourth-order valence-corrected chi connectivity index (χ4v) is 1.91. The molecule has 0 saturated heterocycles. The Kier molecular flexibility index (Phi) is 4.20. The van der Waals surface area contributed by atoms with Gasteiger partial charge in [0.2, 0.25) is 0 Å². The van der Waals surface area contributed by atoms with Crippen LogP contribution in [0.1, 0.15) is 20.7 Å². The molecule has 3 nitrogen and oxygen atoms in total. The van der Waals surface area contributed by atoms with Crippen molar-refractivity contribution >= 4 is 41.1 Å². The number of amides is 1. The Bertz CT molecular complexity index is 624. The van der Waals surface area contributed by atoms with Gasteiger partial charge in [-0.05, 0) is 36.4 Å². The molecule has 0 aliphatic rings. The Morgan fingerprint density at radius 2 is 1.74 bits per heavy atom. The van der Waals surface area contributed by atoms with E-state index < -0.39 is 0 Å². The predicted octanol–water partition coefficient (Wildman–Crippen LogP) is 4.06. The maximum absolute atomic E-state index is 12.0. The van der Waals surface area contributed by atoms with Gasteiger partial charge in [0.15, 0.2) is 0 Å². The summed E-state index contributed by atoms with van der Waals surface area (Å²) in [5.41, 5.74) is 1.42. The van der Waals surface area contributed by atoms with Gasteiger partial charge in [0.25, 0.3) is 5.91 Å². The molecule has 0 fully saturated rings. The van der Waals surface area contributed by atoms with Gasteiger partial charge >= 0.3 is 0 Å². The zero-order chi connectivity index (χ0) is 13.8. The van der Waals surface area contributed by atoms with Crippen LogP contribution in [0.5, 0.6) is 0 Å². The molecule has 2 aromatic carbocycles. The monoisotopic (exact) mass is 293 g/mol. The highest BCUT2D eigenvalue weighted by Crippen LogP contribution is 2.26. The SMILES string of the molecule is O=Cc1ccc(NC(=O)c2cccc(Cl)c2Cl)cc1. The standard InChI is InChI=1S/C14H9Cl2NO2/c15-12-3-1-2-11(13(12)16)14(19)17-10-6-4-9(8-18)5-7-10/h1-8H,(H,17,19). The van der Waals surface area contributed by atoms with Crippen LogP contribution in [0, 0.1) is 0 Å². The number of rotatable bonds is 3. The smallest absolute Gasteiger partial charge is 0.257 e. The maximum Gasteiger partial charge on any atom is 0.257 e. The van der Waals surface area contributed by atoms with E-state index in [0.717, 1.165) is 6.29 Å². The van der Waals surface area contributed by atoms with Gasteiger partial charge in [0.1, 0.15) is 6.29 Å². The van der Waals surface area contributed by atoms with E-state index >= 15 is 0 Å². The molecule has 2 aromatic rings. The lowest BCUT2D eigenvalue weighted by atomic mass is 10.2. The van der Waals surface area contributed by atoms with E-state index in [1.807, 2.05) is 0 Å². The summed E-state index contributed by atoms with van der Waals surface area (Å²) in [4.78, 5) is 22.5. The minimum absolute atomic E-state index is 0.214. The molecule has 2 rings (SSSR count). The van der Waals surface area contributed by atoms with E-state index in [1.54, 1.807) is 42.5 Å². The highest BCUT2D eigenvalue weighted by molar-refractivity contribution is 6.44. The van der Waals surface area contributed by atoms with Crippen LogP contribution >= 0.6 is 23.2 Å². The van der Waals surface area contributed by atoms with E-state index in [0.29, 0.717) is 21.8 Å². The Balaban J connectivity index is 2.20. The first kappa shape index (κ1) is 13.6. The van der Waals surface area contributed by atoms with Gasteiger partial charge in [-0.1, -0.05) is 29.3 Å². The second-order valence-corrected chi connectivity index (χ2v) is 4.58. The summed E-state index contributed by atoms with van der Waals surface area (Å²) in [5, 5.41) is 3.22. The van der Waals surface area contributed by atoms with Crippen molar-refractivity contribution in [2.24, 2.45) is 0 Å². The number of hydrogen-bond donors (Lipinski definition) is 1. The fourth-order valence-electron chi connectivity index (χ4n) is 1.52. The van der Waals surface area contributed by atoms with Gasteiger partial charge < -0.3 is 5.32 Å². The second kappa shape index (κ2) is 5.87. The van der Waals surface area contributed by atoms with Crippen molar-refractivity contribution in [1.82, 2.24) is 0 Å². The largest absolute Gasteiger partial charge is 0.322 e. The number of carbonyl (C=O) groups excluding carboxylic acids is 2. The lowest BCUT2D eigenvalue weighted by Crippen LogP contribution is -2.12. The number of halogens is 2. The van der Waals surface area contributed by atoms with Gasteiger partial charge in [0, 0.05) is 11.3 Å². The van der Waals surface area contributed by atoms with Gasteiger partial charge in [-0.25, -0.2) is 0 Å². The summed E-state index contributed by atoms with van der Waals surface area (Å²) >= 11 is 11.8. The first-order valence-electron chi connectivity index (χ1n) is 5.42. The molecule has 0 aliphatic heterocycles. The van der Waals surface area contributed by atoms with E-state index in [4.69, 9.17) is 23.2 Å². The summed E-state index contributed by atoms with van der Waals surface area (Å²) in [5.74, 6) is -0.355. The maximum atomic E-state index is 12.0. The van der Waals surface area contributed by atoms with Crippen molar-refractivity contribution < 1.29 is 9.59 Å². The zero-order valence-corrected chi connectivity index (χ0v) is 11.2. The van der Waals surface area contributed by atoms with Crippen LogP contribution in [0.15, 0.2) is 42.5 Å². The molecule has 0 atom stereocenters. The third-order valence-corrected chi connectivity index (χ3v) is 3.32. The second-order valence-electron chi connectivity index (χ2n) is 3.80. The van der Waals surface area contributed by atoms with Crippen LogP contribution in [0.4, 0.5) is 5.69 Å². The van der Waals surface area contributed by atoms with Crippen molar-refractivity contribution in [3.05, 3.63) is 63.6 Å². The van der Waals surface area contributed by atoms with Gasteiger partial charge in [0.05, 0.1) is 15.6 Å². The molecule has 96 valence electrons. The number of anilines is 1. The predicted molar refractivity (Wildman–Crippen MR) is 76.2 cm³/mol. The summed E-state index contributed by atoms with van der Waals surface area (Å²) in [6, 6.07) is 11.4. The van der Waals surface area contributed by atoms with Crippen molar-refractivity contribution in [3.8, 4) is 0 Å². The minimum atomic E-state index is -0.355. The van der Waals surface area contributed by atoms with Gasteiger partial charge in [-0.2, -0.15) is 0 Å². The normalized spacial score (nSPS) is 10.0. The lowest BCUT2D eigenvalue weighted by Gasteiger charge is -2.07. The number of carbonyl (C=O) groups is 2. The van der Waals surface area contributed by atoms with Gasteiger partial charge in [-0.3, -0.25) is 9.59 Å². The van der Waals surface area contributed by atoms with Gasteiger partial charge in [-0.15, -0.1) is 0 Å². The summed E-state index contributed by atoms with van der Waals surface area (Å²) in [6.07, 6.45) is 0.736. The number of nitrogens with one attached hydrogen (secondary N) is 1.